The third-order valence-corrected chi connectivity index (χ3v) is 5.83. The van der Waals surface area contributed by atoms with Crippen molar-refractivity contribution < 1.29 is 14.3 Å². The minimum Gasteiger partial charge on any atom is -0.422 e. The lowest BCUT2D eigenvalue weighted by Crippen LogP contribution is -2.35. The summed E-state index contributed by atoms with van der Waals surface area (Å²) >= 11 is 0. The van der Waals surface area contributed by atoms with Crippen LogP contribution >= 0.6 is 0 Å². The number of hydrogen-bond donors (Lipinski definition) is 1. The molecule has 0 spiro atoms. The summed E-state index contributed by atoms with van der Waals surface area (Å²) in [6.45, 7) is 4.71. The molecule has 170 valence electrons. The number of primary amides is 1. The third-order valence-electron chi connectivity index (χ3n) is 5.83. The van der Waals surface area contributed by atoms with E-state index in [0.29, 0.717) is 23.9 Å². The van der Waals surface area contributed by atoms with Gasteiger partial charge in [-0.05, 0) is 43.4 Å². The first-order valence-electron chi connectivity index (χ1n) is 11.0. The number of aromatic nitrogens is 3. The van der Waals surface area contributed by atoms with Gasteiger partial charge in [-0.15, -0.1) is 0 Å². The van der Waals surface area contributed by atoms with Crippen molar-refractivity contribution >= 4 is 17.7 Å². The lowest BCUT2D eigenvalue weighted by Gasteiger charge is -2.32. The molecule has 4 rings (SSSR count). The molecule has 0 bridgehead atoms. The van der Waals surface area contributed by atoms with Crippen molar-refractivity contribution in [3.8, 4) is 16.9 Å². The smallest absolute Gasteiger partial charge is 0.308 e. The first-order valence-corrected chi connectivity index (χ1v) is 11.0. The van der Waals surface area contributed by atoms with E-state index in [2.05, 4.69) is 44.1 Å². The highest BCUT2D eigenvalue weighted by molar-refractivity contribution is 5.94. The van der Waals surface area contributed by atoms with Crippen LogP contribution in [0.2, 0.25) is 0 Å². The normalized spacial score (nSPS) is 14.2. The van der Waals surface area contributed by atoms with E-state index in [1.807, 2.05) is 24.4 Å². The maximum atomic E-state index is 11.8. The number of nitrogens with zero attached hydrogens (tertiary/aromatic N) is 4. The maximum Gasteiger partial charge on any atom is 0.308 e. The Labute approximate surface area is 192 Å². The van der Waals surface area contributed by atoms with Crippen LogP contribution in [0.1, 0.15) is 41.8 Å². The molecule has 1 fully saturated rings. The van der Waals surface area contributed by atoms with Crippen LogP contribution in [0.25, 0.3) is 11.1 Å². The number of benzene rings is 1. The number of nitrogens with two attached hydrogens (primary N) is 1. The fourth-order valence-corrected chi connectivity index (χ4v) is 4.14. The van der Waals surface area contributed by atoms with Crippen LogP contribution in [0.4, 0.5) is 5.82 Å². The van der Waals surface area contributed by atoms with Crippen molar-refractivity contribution in [2.75, 3.05) is 18.0 Å². The van der Waals surface area contributed by atoms with Gasteiger partial charge < -0.3 is 15.4 Å². The highest BCUT2D eigenvalue weighted by atomic mass is 16.5. The van der Waals surface area contributed by atoms with Gasteiger partial charge in [0.05, 0.1) is 5.69 Å². The molecular weight excluding hydrogens is 418 g/mol. The summed E-state index contributed by atoms with van der Waals surface area (Å²) in [5, 5.41) is 0. The van der Waals surface area contributed by atoms with Crippen molar-refractivity contribution in [3.63, 3.8) is 0 Å². The predicted octanol–water partition coefficient (Wildman–Crippen LogP) is 3.33. The summed E-state index contributed by atoms with van der Waals surface area (Å²) in [6, 6.07) is 14.4. The van der Waals surface area contributed by atoms with Gasteiger partial charge in [0.1, 0.15) is 11.6 Å². The number of hydrogen-bond acceptors (Lipinski definition) is 7. The van der Waals surface area contributed by atoms with Crippen LogP contribution in [0.5, 0.6) is 5.75 Å². The maximum absolute atomic E-state index is 11.8. The molecule has 0 radical (unpaired) electrons. The van der Waals surface area contributed by atoms with Crippen LogP contribution in [-0.4, -0.2) is 39.9 Å². The van der Waals surface area contributed by atoms with E-state index in [-0.39, 0.29) is 11.4 Å². The Balaban J connectivity index is 1.39. The molecule has 3 aromatic rings. The van der Waals surface area contributed by atoms with Gasteiger partial charge in [-0.1, -0.05) is 30.3 Å². The number of carbonyl (C=O) groups excluding carboxylic acids is 2. The number of amides is 1. The molecule has 33 heavy (non-hydrogen) atoms. The van der Waals surface area contributed by atoms with E-state index in [9.17, 15) is 9.59 Å². The quantitative estimate of drug-likeness (QED) is 0.579. The van der Waals surface area contributed by atoms with E-state index in [1.54, 1.807) is 6.92 Å². The highest BCUT2D eigenvalue weighted by Crippen LogP contribution is 2.27. The zero-order valence-electron chi connectivity index (χ0n) is 18.8. The van der Waals surface area contributed by atoms with E-state index < -0.39 is 11.9 Å². The molecule has 3 heterocycles. The van der Waals surface area contributed by atoms with Gasteiger partial charge in [-0.3, -0.25) is 9.59 Å². The second-order valence-electron chi connectivity index (χ2n) is 8.27. The molecule has 1 saturated heterocycles. The van der Waals surface area contributed by atoms with Gasteiger partial charge in [-0.2, -0.15) is 0 Å². The molecule has 1 aliphatic rings. The number of aryl methyl sites for hydroxylation is 1. The number of rotatable bonds is 6. The topological polar surface area (TPSA) is 111 Å². The fourth-order valence-electron chi connectivity index (χ4n) is 4.14. The summed E-state index contributed by atoms with van der Waals surface area (Å²) in [6.07, 6.45) is 4.48. The number of carbonyl (C=O) groups is 2. The Morgan fingerprint density at radius 3 is 2.39 bits per heavy atom. The Morgan fingerprint density at radius 1 is 1.06 bits per heavy atom. The molecule has 2 N–H and O–H groups in total. The van der Waals surface area contributed by atoms with E-state index in [0.717, 1.165) is 42.9 Å². The molecule has 2 aromatic heterocycles. The SMILES string of the molecule is CC(=O)Oc1c(C)nc(CC2CCN(c3ccc(-c4ccccc4)cn3)CC2)nc1C(N)=O. The second kappa shape index (κ2) is 9.77. The molecule has 8 nitrogen and oxygen atoms in total. The van der Waals surface area contributed by atoms with Gasteiger partial charge in [-0.25, -0.2) is 15.0 Å². The van der Waals surface area contributed by atoms with Gasteiger partial charge in [0.2, 0.25) is 0 Å². The predicted molar refractivity (Wildman–Crippen MR) is 125 cm³/mol. The third kappa shape index (κ3) is 5.34. The van der Waals surface area contributed by atoms with Crippen molar-refractivity contribution in [2.45, 2.75) is 33.1 Å². The largest absolute Gasteiger partial charge is 0.422 e. The van der Waals surface area contributed by atoms with E-state index in [1.165, 1.54) is 6.92 Å². The standard InChI is InChI=1S/C25H27N5O3/c1-16-24(33-17(2)31)23(25(26)32)29-21(28-16)14-18-10-12-30(13-11-18)22-9-8-20(15-27-22)19-6-4-3-5-7-19/h3-9,15,18H,10-14H2,1-2H3,(H2,26,32). The van der Waals surface area contributed by atoms with Crippen molar-refractivity contribution in [1.82, 2.24) is 15.0 Å². The molecular formula is C25H27N5O3. The summed E-state index contributed by atoms with van der Waals surface area (Å²) in [5.41, 5.74) is 8.10. The fraction of sp³-hybridized carbons (Fsp3) is 0.320. The Hall–Kier alpha value is -3.81. The lowest BCUT2D eigenvalue weighted by atomic mass is 9.93. The minimum absolute atomic E-state index is 0.0404. The monoisotopic (exact) mass is 445 g/mol. The molecule has 0 unspecified atom stereocenters. The number of piperidine rings is 1. The second-order valence-corrected chi connectivity index (χ2v) is 8.27. The van der Waals surface area contributed by atoms with Crippen LogP contribution < -0.4 is 15.4 Å². The molecule has 0 saturated carbocycles. The zero-order chi connectivity index (χ0) is 23.4. The van der Waals surface area contributed by atoms with Gasteiger partial charge in [0.15, 0.2) is 11.4 Å². The summed E-state index contributed by atoms with van der Waals surface area (Å²) < 4.78 is 5.10. The van der Waals surface area contributed by atoms with Gasteiger partial charge in [0.25, 0.3) is 5.91 Å². The summed E-state index contributed by atoms with van der Waals surface area (Å²) in [4.78, 5) is 38.9. The van der Waals surface area contributed by atoms with Crippen molar-refractivity contribution in [3.05, 3.63) is 65.9 Å². The lowest BCUT2D eigenvalue weighted by molar-refractivity contribution is -0.132. The molecule has 0 aliphatic carbocycles. The Bertz CT molecular complexity index is 1140. The molecule has 8 heteroatoms. The molecule has 1 amide bonds. The Morgan fingerprint density at radius 2 is 1.79 bits per heavy atom. The van der Waals surface area contributed by atoms with E-state index >= 15 is 0 Å². The average Bonchev–Trinajstić information content (AvgIpc) is 2.81. The average molecular weight is 446 g/mol. The number of pyridine rings is 1. The van der Waals surface area contributed by atoms with E-state index in [4.69, 9.17) is 10.5 Å². The summed E-state index contributed by atoms with van der Waals surface area (Å²) in [5.74, 6) is 0.652. The first kappa shape index (κ1) is 22.4. The van der Waals surface area contributed by atoms with Crippen molar-refractivity contribution in [1.29, 1.82) is 0 Å². The highest BCUT2D eigenvalue weighted by Gasteiger charge is 2.24. The molecule has 0 atom stereocenters. The Kier molecular flexibility index (Phi) is 6.63. The van der Waals surface area contributed by atoms with Crippen LogP contribution in [-0.2, 0) is 11.2 Å². The number of esters is 1. The van der Waals surface area contributed by atoms with Crippen LogP contribution in [0.3, 0.4) is 0 Å². The summed E-state index contributed by atoms with van der Waals surface area (Å²) in [7, 11) is 0. The number of ether oxygens (including phenoxy) is 1. The van der Waals surface area contributed by atoms with Gasteiger partial charge >= 0.3 is 5.97 Å². The number of anilines is 1. The van der Waals surface area contributed by atoms with Gasteiger partial charge in [0, 0.05) is 38.2 Å². The van der Waals surface area contributed by atoms with Crippen LogP contribution in [0, 0.1) is 12.8 Å². The first-order chi connectivity index (χ1) is 15.9. The van der Waals surface area contributed by atoms with Crippen molar-refractivity contribution in [2.24, 2.45) is 11.7 Å². The molecule has 1 aromatic carbocycles. The minimum atomic E-state index is -0.738. The zero-order valence-corrected chi connectivity index (χ0v) is 18.8. The molecule has 1 aliphatic heterocycles. The van der Waals surface area contributed by atoms with Crippen LogP contribution in [0.15, 0.2) is 48.7 Å².